The highest BCUT2D eigenvalue weighted by Crippen LogP contribution is 2.11. The zero-order valence-corrected chi connectivity index (χ0v) is 9.87. The number of piperidine rings is 1. The van der Waals surface area contributed by atoms with Crippen LogP contribution in [0.4, 0.5) is 0 Å². The Morgan fingerprint density at radius 1 is 1.31 bits per heavy atom. The van der Waals surface area contributed by atoms with Crippen LogP contribution in [-0.2, 0) is 19.0 Å². The van der Waals surface area contributed by atoms with Crippen LogP contribution in [0.3, 0.4) is 0 Å². The summed E-state index contributed by atoms with van der Waals surface area (Å²) in [5.41, 5.74) is 0. The van der Waals surface area contributed by atoms with E-state index in [4.69, 9.17) is 14.2 Å². The summed E-state index contributed by atoms with van der Waals surface area (Å²) in [5, 5.41) is 3.19. The molecular formula is C11H21NO4. The number of methoxy groups -OCH3 is 1. The number of ether oxygens (including phenoxy) is 3. The fraction of sp³-hybridized carbons (Fsp3) is 0.909. The quantitative estimate of drug-likeness (QED) is 0.501. The molecule has 94 valence electrons. The molecule has 0 saturated carbocycles. The molecule has 1 atom stereocenters. The van der Waals surface area contributed by atoms with Crippen molar-refractivity contribution in [3.8, 4) is 0 Å². The minimum Gasteiger partial charge on any atom is -0.463 e. The smallest absolute Gasteiger partial charge is 0.310 e. The molecule has 0 unspecified atom stereocenters. The second-order valence-corrected chi connectivity index (χ2v) is 3.82. The highest BCUT2D eigenvalue weighted by Gasteiger charge is 2.21. The zero-order valence-electron chi connectivity index (χ0n) is 9.87. The van der Waals surface area contributed by atoms with Crippen LogP contribution in [0.1, 0.15) is 12.8 Å². The van der Waals surface area contributed by atoms with E-state index in [-0.39, 0.29) is 11.9 Å². The first kappa shape index (κ1) is 13.4. The Balaban J connectivity index is 1.97. The lowest BCUT2D eigenvalue weighted by Crippen LogP contribution is -2.35. The topological polar surface area (TPSA) is 56.8 Å². The summed E-state index contributed by atoms with van der Waals surface area (Å²) in [6.45, 7) is 3.63. The predicted octanol–water partition coefficient (Wildman–Crippen LogP) is 0.192. The summed E-state index contributed by atoms with van der Waals surface area (Å²) in [5.74, 6) is -0.0877. The van der Waals surface area contributed by atoms with Crippen LogP contribution < -0.4 is 5.32 Å². The molecular weight excluding hydrogens is 210 g/mol. The molecule has 5 heteroatoms. The van der Waals surface area contributed by atoms with Crippen molar-refractivity contribution in [1.29, 1.82) is 0 Å². The van der Waals surface area contributed by atoms with E-state index in [0.717, 1.165) is 25.9 Å². The maximum Gasteiger partial charge on any atom is 0.310 e. The molecule has 0 bridgehead atoms. The van der Waals surface area contributed by atoms with E-state index in [1.807, 2.05) is 0 Å². The third kappa shape index (κ3) is 5.44. The monoisotopic (exact) mass is 231 g/mol. The van der Waals surface area contributed by atoms with Gasteiger partial charge in [-0.15, -0.1) is 0 Å². The lowest BCUT2D eigenvalue weighted by atomic mass is 10.0. The molecule has 1 fully saturated rings. The molecule has 0 spiro atoms. The van der Waals surface area contributed by atoms with Crippen LogP contribution in [0.2, 0.25) is 0 Å². The van der Waals surface area contributed by atoms with Crippen LogP contribution in [0.25, 0.3) is 0 Å². The highest BCUT2D eigenvalue weighted by molar-refractivity contribution is 5.72. The number of esters is 1. The van der Waals surface area contributed by atoms with Gasteiger partial charge >= 0.3 is 5.97 Å². The average Bonchev–Trinajstić information content (AvgIpc) is 2.34. The molecule has 0 aromatic heterocycles. The van der Waals surface area contributed by atoms with E-state index in [1.54, 1.807) is 7.11 Å². The summed E-state index contributed by atoms with van der Waals surface area (Å²) in [6.07, 6.45) is 1.97. The molecule has 1 saturated heterocycles. The van der Waals surface area contributed by atoms with E-state index in [1.165, 1.54) is 0 Å². The van der Waals surface area contributed by atoms with Gasteiger partial charge in [-0.3, -0.25) is 4.79 Å². The van der Waals surface area contributed by atoms with E-state index in [2.05, 4.69) is 5.32 Å². The van der Waals surface area contributed by atoms with E-state index in [9.17, 15) is 4.79 Å². The lowest BCUT2D eigenvalue weighted by Gasteiger charge is -2.21. The molecule has 1 N–H and O–H groups in total. The molecule has 0 aliphatic carbocycles. The summed E-state index contributed by atoms with van der Waals surface area (Å²) in [7, 11) is 1.62. The van der Waals surface area contributed by atoms with Crippen molar-refractivity contribution in [3.63, 3.8) is 0 Å². The molecule has 1 heterocycles. The Labute approximate surface area is 96.4 Å². The zero-order chi connectivity index (χ0) is 11.6. The summed E-state index contributed by atoms with van der Waals surface area (Å²) in [6, 6.07) is 0. The van der Waals surface area contributed by atoms with Gasteiger partial charge in [0.25, 0.3) is 0 Å². The van der Waals surface area contributed by atoms with Gasteiger partial charge in [-0.05, 0) is 19.4 Å². The Hall–Kier alpha value is -0.650. The van der Waals surface area contributed by atoms with E-state index >= 15 is 0 Å². The highest BCUT2D eigenvalue weighted by atomic mass is 16.6. The second-order valence-electron chi connectivity index (χ2n) is 3.82. The van der Waals surface area contributed by atoms with Crippen molar-refractivity contribution in [3.05, 3.63) is 0 Å². The molecule has 1 aliphatic heterocycles. The molecule has 1 rings (SSSR count). The minimum atomic E-state index is -0.109. The molecule has 1 aliphatic rings. The molecule has 0 amide bonds. The molecule has 16 heavy (non-hydrogen) atoms. The van der Waals surface area contributed by atoms with Crippen molar-refractivity contribution in [2.75, 3.05) is 46.6 Å². The standard InChI is InChI=1S/C11H21NO4/c1-14-5-6-15-7-8-16-11(13)10-3-2-4-12-9-10/h10,12H,2-9H2,1H3/t10-/m0/s1. The lowest BCUT2D eigenvalue weighted by molar-refractivity contribution is -0.150. The minimum absolute atomic E-state index is 0.0210. The maximum atomic E-state index is 11.5. The van der Waals surface area contributed by atoms with Crippen LogP contribution in [0.5, 0.6) is 0 Å². The van der Waals surface area contributed by atoms with E-state index < -0.39 is 0 Å². The largest absolute Gasteiger partial charge is 0.463 e. The Bertz CT molecular complexity index is 192. The Morgan fingerprint density at radius 3 is 2.81 bits per heavy atom. The van der Waals surface area contributed by atoms with Gasteiger partial charge in [-0.2, -0.15) is 0 Å². The molecule has 0 aromatic carbocycles. The number of hydrogen-bond acceptors (Lipinski definition) is 5. The van der Waals surface area contributed by atoms with Crippen LogP contribution in [0.15, 0.2) is 0 Å². The number of rotatable bonds is 7. The van der Waals surface area contributed by atoms with Gasteiger partial charge in [0.2, 0.25) is 0 Å². The maximum absolute atomic E-state index is 11.5. The van der Waals surface area contributed by atoms with Gasteiger partial charge in [0, 0.05) is 13.7 Å². The van der Waals surface area contributed by atoms with Gasteiger partial charge in [0.15, 0.2) is 0 Å². The van der Waals surface area contributed by atoms with Crippen molar-refractivity contribution < 1.29 is 19.0 Å². The number of hydrogen-bond donors (Lipinski definition) is 1. The van der Waals surface area contributed by atoms with Crippen molar-refractivity contribution in [2.24, 2.45) is 5.92 Å². The fourth-order valence-corrected chi connectivity index (χ4v) is 1.62. The Morgan fingerprint density at radius 2 is 2.12 bits per heavy atom. The van der Waals surface area contributed by atoms with Crippen molar-refractivity contribution in [1.82, 2.24) is 5.32 Å². The van der Waals surface area contributed by atoms with Gasteiger partial charge in [0.1, 0.15) is 6.61 Å². The first-order valence-corrected chi connectivity index (χ1v) is 5.78. The third-order valence-corrected chi connectivity index (χ3v) is 2.53. The van der Waals surface area contributed by atoms with Crippen LogP contribution in [-0.4, -0.2) is 52.6 Å². The molecule has 0 radical (unpaired) electrons. The summed E-state index contributed by atoms with van der Waals surface area (Å²) < 4.78 is 15.1. The van der Waals surface area contributed by atoms with Crippen molar-refractivity contribution >= 4 is 5.97 Å². The summed E-state index contributed by atoms with van der Waals surface area (Å²) >= 11 is 0. The van der Waals surface area contributed by atoms with Gasteiger partial charge in [-0.1, -0.05) is 0 Å². The van der Waals surface area contributed by atoms with E-state index in [0.29, 0.717) is 26.4 Å². The van der Waals surface area contributed by atoms with Crippen LogP contribution >= 0.6 is 0 Å². The fourth-order valence-electron chi connectivity index (χ4n) is 1.62. The van der Waals surface area contributed by atoms with Gasteiger partial charge < -0.3 is 19.5 Å². The van der Waals surface area contributed by atoms with Gasteiger partial charge in [0.05, 0.1) is 25.7 Å². The van der Waals surface area contributed by atoms with Crippen LogP contribution in [0, 0.1) is 5.92 Å². The first-order valence-electron chi connectivity index (χ1n) is 5.78. The second kappa shape index (κ2) is 8.50. The number of nitrogens with one attached hydrogen (secondary N) is 1. The number of carbonyl (C=O) groups is 1. The first-order chi connectivity index (χ1) is 7.84. The normalized spacial score (nSPS) is 20.7. The third-order valence-electron chi connectivity index (χ3n) is 2.53. The average molecular weight is 231 g/mol. The molecule has 5 nitrogen and oxygen atoms in total. The van der Waals surface area contributed by atoms with Gasteiger partial charge in [-0.25, -0.2) is 0 Å². The number of carbonyl (C=O) groups excluding carboxylic acids is 1. The molecule has 0 aromatic rings. The predicted molar refractivity (Wildman–Crippen MR) is 59.2 cm³/mol. The SMILES string of the molecule is COCCOCCOC(=O)[C@H]1CCCNC1. The summed E-state index contributed by atoms with van der Waals surface area (Å²) in [4.78, 5) is 11.5. The van der Waals surface area contributed by atoms with Crippen molar-refractivity contribution in [2.45, 2.75) is 12.8 Å². The Kier molecular flexibility index (Phi) is 7.12.